The Morgan fingerprint density at radius 2 is 2.15 bits per heavy atom. The number of carboxylic acids is 1. The number of hydrogen-bond acceptors (Lipinski definition) is 5. The maximum Gasteiger partial charge on any atom is 0.356 e. The lowest BCUT2D eigenvalue weighted by Crippen LogP contribution is -2.42. The molecule has 0 saturated carbocycles. The van der Waals surface area contributed by atoms with Gasteiger partial charge in [-0.05, 0) is 12.5 Å². The molecule has 2 aliphatic heterocycles. The number of nitrogens with one attached hydrogen (secondary N) is 2. The van der Waals surface area contributed by atoms with Gasteiger partial charge in [-0.15, -0.1) is 0 Å². The van der Waals surface area contributed by atoms with Crippen LogP contribution in [0.2, 0.25) is 0 Å². The molecule has 0 spiro atoms. The summed E-state index contributed by atoms with van der Waals surface area (Å²) in [5, 5.41) is 13.5. The molecule has 8 heteroatoms. The number of aryl methyl sites for hydroxylation is 2. The number of benzene rings is 1. The van der Waals surface area contributed by atoms with Crippen LogP contribution in [0.4, 0.5) is 0 Å². The quantitative estimate of drug-likeness (QED) is 0.739. The monoisotopic (exact) mass is 369 g/mol. The summed E-state index contributed by atoms with van der Waals surface area (Å²) in [5.74, 6) is -1.26. The maximum atomic E-state index is 13.2. The van der Waals surface area contributed by atoms with E-state index in [2.05, 4.69) is 22.0 Å². The first kappa shape index (κ1) is 17.7. The van der Waals surface area contributed by atoms with E-state index in [1.165, 1.54) is 0 Å². The Morgan fingerprint density at radius 1 is 1.33 bits per heavy atom. The van der Waals surface area contributed by atoms with E-state index in [0.29, 0.717) is 31.6 Å². The lowest BCUT2D eigenvalue weighted by Gasteiger charge is -2.31. The molecule has 1 aromatic heterocycles. The third-order valence-electron chi connectivity index (χ3n) is 5.46. The summed E-state index contributed by atoms with van der Waals surface area (Å²) in [6, 6.07) is 8.03. The predicted molar refractivity (Wildman–Crippen MR) is 97.8 cm³/mol. The van der Waals surface area contributed by atoms with Crippen molar-refractivity contribution in [3.63, 3.8) is 0 Å². The lowest BCUT2D eigenvalue weighted by atomic mass is 9.92. The zero-order chi connectivity index (χ0) is 19.1. The summed E-state index contributed by atoms with van der Waals surface area (Å²) in [4.78, 5) is 26.5. The van der Waals surface area contributed by atoms with E-state index in [4.69, 9.17) is 0 Å². The minimum atomic E-state index is -1.05. The molecule has 0 radical (unpaired) electrons. The molecule has 0 aliphatic carbocycles. The molecular formula is C19H23N5O3. The average molecular weight is 369 g/mol. The summed E-state index contributed by atoms with van der Waals surface area (Å²) >= 11 is 0. The minimum Gasteiger partial charge on any atom is -0.476 e. The van der Waals surface area contributed by atoms with Gasteiger partial charge in [-0.1, -0.05) is 29.8 Å². The molecule has 2 aliphatic rings. The van der Waals surface area contributed by atoms with Gasteiger partial charge in [0.1, 0.15) is 0 Å². The first-order chi connectivity index (χ1) is 13.0. The van der Waals surface area contributed by atoms with E-state index in [-0.39, 0.29) is 23.6 Å². The van der Waals surface area contributed by atoms with Crippen LogP contribution in [0.5, 0.6) is 0 Å². The fourth-order valence-electron chi connectivity index (χ4n) is 4.09. The molecule has 0 bridgehead atoms. The molecule has 4 rings (SSSR count). The second-order valence-electron chi connectivity index (χ2n) is 7.24. The molecule has 8 nitrogen and oxygen atoms in total. The summed E-state index contributed by atoms with van der Waals surface area (Å²) in [7, 11) is 1.75. The van der Waals surface area contributed by atoms with Crippen molar-refractivity contribution in [1.29, 1.82) is 0 Å². The second-order valence-corrected chi connectivity index (χ2v) is 7.24. The number of hydrogen-bond donors (Lipinski definition) is 3. The standard InChI is InChI=1S/C19H23N5O3/c1-11-4-3-5-12(8-11)16-13(9-20-21-16)18(25)24-7-6-15-14(10-24)17(19(26)27)22-23(15)2/h3-5,8,13,16,20-21H,6-7,9-10H2,1-2H3,(H,26,27). The SMILES string of the molecule is Cc1cccc(C2NNCC2C(=O)N2CCc3c(c(C(=O)O)nn3C)C2)c1. The molecular weight excluding hydrogens is 346 g/mol. The summed E-state index contributed by atoms with van der Waals surface area (Å²) < 4.78 is 1.62. The van der Waals surface area contributed by atoms with E-state index in [0.717, 1.165) is 16.8 Å². The number of carbonyl (C=O) groups is 2. The summed E-state index contributed by atoms with van der Waals surface area (Å²) in [5.41, 5.74) is 10.1. The van der Waals surface area contributed by atoms with Gasteiger partial charge >= 0.3 is 5.97 Å². The molecule has 3 heterocycles. The topological polar surface area (TPSA) is 99.5 Å². The number of rotatable bonds is 3. The van der Waals surface area contributed by atoms with E-state index in [1.54, 1.807) is 16.6 Å². The van der Waals surface area contributed by atoms with Crippen LogP contribution in [-0.4, -0.2) is 44.8 Å². The van der Waals surface area contributed by atoms with Crippen molar-refractivity contribution in [1.82, 2.24) is 25.5 Å². The van der Waals surface area contributed by atoms with Gasteiger partial charge in [-0.3, -0.25) is 14.9 Å². The van der Waals surface area contributed by atoms with E-state index in [1.807, 2.05) is 25.1 Å². The van der Waals surface area contributed by atoms with Gasteiger partial charge in [0, 0.05) is 44.4 Å². The van der Waals surface area contributed by atoms with Gasteiger partial charge in [-0.2, -0.15) is 5.10 Å². The van der Waals surface area contributed by atoms with Crippen LogP contribution in [0.25, 0.3) is 0 Å². The molecule has 142 valence electrons. The third kappa shape index (κ3) is 3.11. The van der Waals surface area contributed by atoms with Crippen molar-refractivity contribution in [2.24, 2.45) is 13.0 Å². The van der Waals surface area contributed by atoms with Crippen molar-refractivity contribution in [2.45, 2.75) is 25.9 Å². The number of fused-ring (bicyclic) bond motifs is 1. The zero-order valence-corrected chi connectivity index (χ0v) is 15.4. The number of hydrazine groups is 1. The Hall–Kier alpha value is -2.71. The highest BCUT2D eigenvalue weighted by atomic mass is 16.4. The second kappa shape index (κ2) is 6.79. The smallest absolute Gasteiger partial charge is 0.356 e. The van der Waals surface area contributed by atoms with Crippen LogP contribution in [-0.2, 0) is 24.8 Å². The average Bonchev–Trinajstić information content (AvgIpc) is 3.26. The summed E-state index contributed by atoms with van der Waals surface area (Å²) in [6.07, 6.45) is 0.612. The number of carbonyl (C=O) groups excluding carboxylic acids is 1. The van der Waals surface area contributed by atoms with Gasteiger partial charge in [0.05, 0.1) is 12.0 Å². The van der Waals surface area contributed by atoms with Gasteiger partial charge in [0.25, 0.3) is 0 Å². The Balaban J connectivity index is 1.57. The number of nitrogens with zero attached hydrogens (tertiary/aromatic N) is 3. The maximum absolute atomic E-state index is 13.2. The van der Waals surface area contributed by atoms with Gasteiger partial charge in [0.15, 0.2) is 5.69 Å². The Kier molecular flexibility index (Phi) is 4.45. The lowest BCUT2D eigenvalue weighted by molar-refractivity contribution is -0.136. The molecule has 1 aromatic carbocycles. The molecule has 2 unspecified atom stereocenters. The van der Waals surface area contributed by atoms with Crippen molar-refractivity contribution in [3.05, 3.63) is 52.3 Å². The number of carboxylic acid groups (broad SMARTS) is 1. The minimum absolute atomic E-state index is 0.0323. The Bertz CT molecular complexity index is 907. The third-order valence-corrected chi connectivity index (χ3v) is 5.46. The van der Waals surface area contributed by atoms with Crippen LogP contribution in [0.15, 0.2) is 24.3 Å². The molecule has 27 heavy (non-hydrogen) atoms. The van der Waals surface area contributed by atoms with Gasteiger partial charge in [-0.25, -0.2) is 10.2 Å². The zero-order valence-electron chi connectivity index (χ0n) is 15.4. The van der Waals surface area contributed by atoms with Crippen molar-refractivity contribution in [2.75, 3.05) is 13.1 Å². The molecule has 3 N–H and O–H groups in total. The Morgan fingerprint density at radius 3 is 2.89 bits per heavy atom. The van der Waals surface area contributed by atoms with Crippen LogP contribution in [0.1, 0.15) is 38.9 Å². The molecule has 1 amide bonds. The van der Waals surface area contributed by atoms with Crippen molar-refractivity contribution >= 4 is 11.9 Å². The molecule has 1 fully saturated rings. The largest absolute Gasteiger partial charge is 0.476 e. The van der Waals surface area contributed by atoms with E-state index < -0.39 is 5.97 Å². The fourth-order valence-corrected chi connectivity index (χ4v) is 4.09. The van der Waals surface area contributed by atoms with Crippen LogP contribution in [0.3, 0.4) is 0 Å². The first-order valence-corrected chi connectivity index (χ1v) is 9.07. The van der Waals surface area contributed by atoms with Gasteiger partial charge < -0.3 is 10.0 Å². The fraction of sp³-hybridized carbons (Fsp3) is 0.421. The number of aromatic nitrogens is 2. The van der Waals surface area contributed by atoms with Crippen molar-refractivity contribution in [3.8, 4) is 0 Å². The molecule has 2 atom stereocenters. The number of aromatic carboxylic acids is 1. The normalized spacial score (nSPS) is 21.9. The van der Waals surface area contributed by atoms with Gasteiger partial charge in [0.2, 0.25) is 5.91 Å². The van der Waals surface area contributed by atoms with E-state index in [9.17, 15) is 14.7 Å². The highest BCUT2D eigenvalue weighted by Crippen LogP contribution is 2.30. The molecule has 1 saturated heterocycles. The van der Waals surface area contributed by atoms with Crippen molar-refractivity contribution < 1.29 is 14.7 Å². The molecule has 2 aromatic rings. The highest BCUT2D eigenvalue weighted by Gasteiger charge is 2.38. The summed E-state index contributed by atoms with van der Waals surface area (Å²) in [6.45, 7) is 3.44. The van der Waals surface area contributed by atoms with Crippen LogP contribution in [0, 0.1) is 12.8 Å². The van der Waals surface area contributed by atoms with Crippen LogP contribution >= 0.6 is 0 Å². The number of amides is 1. The predicted octanol–water partition coefficient (Wildman–Crippen LogP) is 0.777. The Labute approximate surface area is 157 Å². The highest BCUT2D eigenvalue weighted by molar-refractivity contribution is 5.88. The first-order valence-electron chi connectivity index (χ1n) is 9.07. The van der Waals surface area contributed by atoms with Crippen LogP contribution < -0.4 is 10.9 Å². The van der Waals surface area contributed by atoms with E-state index >= 15 is 0 Å².